The number of aryl methyl sites for hydroxylation is 1. The summed E-state index contributed by atoms with van der Waals surface area (Å²) in [6, 6.07) is 8.88. The van der Waals surface area contributed by atoms with E-state index in [2.05, 4.69) is 9.71 Å². The molecule has 0 fully saturated rings. The topological polar surface area (TPSA) is 72.2 Å². The minimum absolute atomic E-state index is 0.181. The van der Waals surface area contributed by atoms with Gasteiger partial charge in [0.2, 0.25) is 10.0 Å². The highest BCUT2D eigenvalue weighted by atomic mass is 32.2. The monoisotopic (exact) mass is 334 g/mol. The molecule has 3 aromatic heterocycles. The predicted octanol–water partition coefficient (Wildman–Crippen LogP) is 3.19. The fourth-order valence-corrected chi connectivity index (χ4v) is 4.31. The summed E-state index contributed by atoms with van der Waals surface area (Å²) >= 11 is 1.25. The van der Waals surface area contributed by atoms with Crippen molar-refractivity contribution in [2.24, 2.45) is 0 Å². The van der Waals surface area contributed by atoms with Gasteiger partial charge in [-0.1, -0.05) is 0 Å². The van der Waals surface area contributed by atoms with Gasteiger partial charge in [0.25, 0.3) is 0 Å². The maximum atomic E-state index is 12.2. The summed E-state index contributed by atoms with van der Waals surface area (Å²) in [4.78, 5) is 5.09. The van der Waals surface area contributed by atoms with Gasteiger partial charge in [0.1, 0.15) is 9.97 Å². The van der Waals surface area contributed by atoms with Crippen molar-refractivity contribution < 1.29 is 12.8 Å². The van der Waals surface area contributed by atoms with Gasteiger partial charge >= 0.3 is 0 Å². The SMILES string of the molecule is Cc1ccc(S(=O)(=O)NCc2cncc(-c3ccco3)c2)s1. The zero-order valence-corrected chi connectivity index (χ0v) is 13.4. The van der Waals surface area contributed by atoms with Crippen molar-refractivity contribution in [2.45, 2.75) is 17.7 Å². The maximum Gasteiger partial charge on any atom is 0.250 e. The third-order valence-electron chi connectivity index (χ3n) is 3.05. The molecular formula is C15H14N2O3S2. The van der Waals surface area contributed by atoms with Gasteiger partial charge in [0.05, 0.1) is 6.26 Å². The van der Waals surface area contributed by atoms with Gasteiger partial charge in [0.15, 0.2) is 0 Å². The second-order valence-electron chi connectivity index (χ2n) is 4.75. The minimum Gasteiger partial charge on any atom is -0.464 e. The van der Waals surface area contributed by atoms with Crippen molar-refractivity contribution >= 4 is 21.4 Å². The van der Waals surface area contributed by atoms with Crippen LogP contribution in [0.5, 0.6) is 0 Å². The molecule has 7 heteroatoms. The molecule has 5 nitrogen and oxygen atoms in total. The van der Waals surface area contributed by atoms with Crippen LogP contribution in [0.3, 0.4) is 0 Å². The van der Waals surface area contributed by atoms with E-state index in [9.17, 15) is 8.42 Å². The molecule has 0 aliphatic carbocycles. The molecule has 0 amide bonds. The van der Waals surface area contributed by atoms with E-state index >= 15 is 0 Å². The average Bonchev–Trinajstić information content (AvgIpc) is 3.17. The third-order valence-corrected chi connectivity index (χ3v) is 5.94. The Morgan fingerprint density at radius 3 is 2.82 bits per heavy atom. The van der Waals surface area contributed by atoms with E-state index in [4.69, 9.17) is 4.42 Å². The van der Waals surface area contributed by atoms with E-state index in [1.807, 2.05) is 19.1 Å². The molecule has 0 aliphatic rings. The Hall–Kier alpha value is -1.96. The van der Waals surface area contributed by atoms with Crippen LogP contribution >= 0.6 is 11.3 Å². The fraction of sp³-hybridized carbons (Fsp3) is 0.133. The third kappa shape index (κ3) is 3.27. The van der Waals surface area contributed by atoms with Gasteiger partial charge in [-0.15, -0.1) is 11.3 Å². The van der Waals surface area contributed by atoms with Gasteiger partial charge in [-0.2, -0.15) is 0 Å². The largest absolute Gasteiger partial charge is 0.464 e. The first-order chi connectivity index (χ1) is 10.5. The van der Waals surface area contributed by atoms with E-state index in [1.54, 1.807) is 36.9 Å². The molecule has 0 atom stereocenters. The van der Waals surface area contributed by atoms with Gasteiger partial charge < -0.3 is 4.42 Å². The van der Waals surface area contributed by atoms with E-state index in [1.165, 1.54) is 11.3 Å². The molecule has 0 radical (unpaired) electrons. The summed E-state index contributed by atoms with van der Waals surface area (Å²) in [5, 5.41) is 0. The zero-order chi connectivity index (χ0) is 15.6. The van der Waals surface area contributed by atoms with Crippen molar-refractivity contribution in [2.75, 3.05) is 0 Å². The smallest absolute Gasteiger partial charge is 0.250 e. The Labute approximate surface area is 132 Å². The fourth-order valence-electron chi connectivity index (χ4n) is 1.97. The molecule has 0 aromatic carbocycles. The van der Waals surface area contributed by atoms with Crippen molar-refractivity contribution in [3.05, 3.63) is 59.4 Å². The van der Waals surface area contributed by atoms with Gasteiger partial charge in [0, 0.05) is 29.4 Å². The second kappa shape index (κ2) is 6.04. The molecule has 0 unspecified atom stereocenters. The van der Waals surface area contributed by atoms with Crippen molar-refractivity contribution in [3.63, 3.8) is 0 Å². The van der Waals surface area contributed by atoms with Crippen LogP contribution in [-0.2, 0) is 16.6 Å². The van der Waals surface area contributed by atoms with E-state index in [0.29, 0.717) is 9.97 Å². The molecule has 0 saturated carbocycles. The molecule has 0 spiro atoms. The maximum absolute atomic E-state index is 12.2. The van der Waals surface area contributed by atoms with E-state index in [0.717, 1.165) is 16.0 Å². The van der Waals surface area contributed by atoms with Crippen LogP contribution in [0.2, 0.25) is 0 Å². The standard InChI is InChI=1S/C15H14N2O3S2/c1-11-4-5-15(21-11)22(18,19)17-9-12-7-13(10-16-8-12)14-3-2-6-20-14/h2-8,10,17H,9H2,1H3. The van der Waals surface area contributed by atoms with Crippen LogP contribution in [0.1, 0.15) is 10.4 Å². The second-order valence-corrected chi connectivity index (χ2v) is 8.03. The van der Waals surface area contributed by atoms with Crippen LogP contribution in [0.25, 0.3) is 11.3 Å². The van der Waals surface area contributed by atoms with E-state index in [-0.39, 0.29) is 6.54 Å². The van der Waals surface area contributed by atoms with Crippen LogP contribution in [0, 0.1) is 6.92 Å². The van der Waals surface area contributed by atoms with Crippen molar-refractivity contribution in [1.82, 2.24) is 9.71 Å². The normalized spacial score (nSPS) is 11.7. The molecule has 1 N–H and O–H groups in total. The summed E-state index contributed by atoms with van der Waals surface area (Å²) in [5.41, 5.74) is 1.58. The lowest BCUT2D eigenvalue weighted by atomic mass is 10.2. The first kappa shape index (κ1) is 15.0. The molecule has 3 rings (SSSR count). The van der Waals surface area contributed by atoms with Gasteiger partial charge in [-0.25, -0.2) is 13.1 Å². The Morgan fingerprint density at radius 2 is 2.14 bits per heavy atom. The molecule has 0 bridgehead atoms. The first-order valence-electron chi connectivity index (χ1n) is 6.58. The quantitative estimate of drug-likeness (QED) is 0.778. The highest BCUT2D eigenvalue weighted by Crippen LogP contribution is 2.22. The first-order valence-corrected chi connectivity index (χ1v) is 8.88. The highest BCUT2D eigenvalue weighted by Gasteiger charge is 2.16. The number of hydrogen-bond donors (Lipinski definition) is 1. The van der Waals surface area contributed by atoms with Crippen LogP contribution in [0.4, 0.5) is 0 Å². The number of aromatic nitrogens is 1. The summed E-state index contributed by atoms with van der Waals surface area (Å²) in [7, 11) is -3.49. The van der Waals surface area contributed by atoms with Gasteiger partial charge in [-0.05, 0) is 42.8 Å². The number of nitrogens with one attached hydrogen (secondary N) is 1. The number of hydrogen-bond acceptors (Lipinski definition) is 5. The summed E-state index contributed by atoms with van der Waals surface area (Å²) < 4.78 is 32.6. The summed E-state index contributed by atoms with van der Waals surface area (Å²) in [5.74, 6) is 0.700. The summed E-state index contributed by atoms with van der Waals surface area (Å²) in [6.07, 6.45) is 4.90. The number of furan rings is 1. The summed E-state index contributed by atoms with van der Waals surface area (Å²) in [6.45, 7) is 2.06. The Morgan fingerprint density at radius 1 is 1.27 bits per heavy atom. The molecule has 0 saturated heterocycles. The van der Waals surface area contributed by atoms with Crippen LogP contribution in [0.15, 0.2) is 57.6 Å². The van der Waals surface area contributed by atoms with Crippen LogP contribution < -0.4 is 4.72 Å². The average molecular weight is 334 g/mol. The molecule has 22 heavy (non-hydrogen) atoms. The van der Waals surface area contributed by atoms with Crippen LogP contribution in [-0.4, -0.2) is 13.4 Å². The van der Waals surface area contributed by atoms with Gasteiger partial charge in [-0.3, -0.25) is 4.98 Å². The molecule has 0 aliphatic heterocycles. The highest BCUT2D eigenvalue weighted by molar-refractivity contribution is 7.91. The lowest BCUT2D eigenvalue weighted by Crippen LogP contribution is -2.22. The Balaban J connectivity index is 1.75. The number of sulfonamides is 1. The van der Waals surface area contributed by atoms with Crippen molar-refractivity contribution in [1.29, 1.82) is 0 Å². The predicted molar refractivity (Wildman–Crippen MR) is 85.0 cm³/mol. The number of thiophene rings is 1. The number of rotatable bonds is 5. The molecular weight excluding hydrogens is 320 g/mol. The minimum atomic E-state index is -3.49. The van der Waals surface area contributed by atoms with E-state index < -0.39 is 10.0 Å². The van der Waals surface area contributed by atoms with Crippen molar-refractivity contribution in [3.8, 4) is 11.3 Å². The Bertz CT molecular complexity index is 868. The molecule has 3 aromatic rings. The number of nitrogens with zero attached hydrogens (tertiary/aromatic N) is 1. The molecule has 114 valence electrons. The Kier molecular flexibility index (Phi) is 4.10. The molecule has 3 heterocycles. The zero-order valence-electron chi connectivity index (χ0n) is 11.8. The number of pyridine rings is 1. The lowest BCUT2D eigenvalue weighted by Gasteiger charge is -2.06. The lowest BCUT2D eigenvalue weighted by molar-refractivity contribution is 0.581.